The van der Waals surface area contributed by atoms with Crippen LogP contribution < -0.4 is 5.32 Å². The molecule has 0 atom stereocenters. The monoisotopic (exact) mass is 329 g/mol. The van der Waals surface area contributed by atoms with Gasteiger partial charge < -0.3 is 10.1 Å². The largest absolute Gasteiger partial charge is 0.457 e. The molecule has 1 aliphatic rings. The molecule has 0 spiro atoms. The Balaban J connectivity index is 1.50. The first-order valence-corrected chi connectivity index (χ1v) is 8.19. The van der Waals surface area contributed by atoms with Crippen LogP contribution in [0.4, 0.5) is 5.69 Å². The molecule has 5 nitrogen and oxygen atoms in total. The van der Waals surface area contributed by atoms with E-state index in [2.05, 4.69) is 5.32 Å². The topological polar surface area (TPSA) is 72.5 Å². The van der Waals surface area contributed by atoms with Gasteiger partial charge in [-0.1, -0.05) is 0 Å². The van der Waals surface area contributed by atoms with Gasteiger partial charge >= 0.3 is 5.97 Å². The second-order valence-electron chi connectivity index (χ2n) is 5.31. The molecule has 0 fully saturated rings. The highest BCUT2D eigenvalue weighted by Crippen LogP contribution is 2.24. The maximum Gasteiger partial charge on any atom is 0.306 e. The van der Waals surface area contributed by atoms with Gasteiger partial charge in [0.2, 0.25) is 5.91 Å². The molecule has 1 aliphatic heterocycles. The quantitative estimate of drug-likeness (QED) is 0.653. The van der Waals surface area contributed by atoms with E-state index in [1.165, 1.54) is 0 Å². The van der Waals surface area contributed by atoms with Gasteiger partial charge in [0.05, 0.1) is 6.42 Å². The number of ketones is 1. The summed E-state index contributed by atoms with van der Waals surface area (Å²) in [6.07, 6.45) is 1.15. The van der Waals surface area contributed by atoms with Gasteiger partial charge in [-0.05, 0) is 52.6 Å². The number of fused-ring (bicyclic) bond motifs is 1. The van der Waals surface area contributed by atoms with Crippen LogP contribution in [0.1, 0.15) is 27.9 Å². The summed E-state index contributed by atoms with van der Waals surface area (Å²) in [6.45, 7) is -0.275. The molecule has 23 heavy (non-hydrogen) atoms. The fourth-order valence-corrected chi connectivity index (χ4v) is 3.09. The third-order valence-corrected chi connectivity index (χ3v) is 4.35. The number of amides is 1. The predicted molar refractivity (Wildman–Crippen MR) is 86.7 cm³/mol. The van der Waals surface area contributed by atoms with Crippen molar-refractivity contribution in [2.75, 3.05) is 11.9 Å². The summed E-state index contributed by atoms with van der Waals surface area (Å²) in [5.41, 5.74) is 3.07. The Morgan fingerprint density at radius 2 is 2.13 bits per heavy atom. The van der Waals surface area contributed by atoms with Crippen LogP contribution in [0.5, 0.6) is 0 Å². The Morgan fingerprint density at radius 3 is 2.91 bits per heavy atom. The molecule has 6 heteroatoms. The zero-order chi connectivity index (χ0) is 16.2. The van der Waals surface area contributed by atoms with Crippen molar-refractivity contribution in [2.24, 2.45) is 0 Å². The van der Waals surface area contributed by atoms with Crippen LogP contribution in [0.15, 0.2) is 35.0 Å². The zero-order valence-corrected chi connectivity index (χ0v) is 13.2. The van der Waals surface area contributed by atoms with Gasteiger partial charge in [-0.25, -0.2) is 0 Å². The molecule has 2 aromatic rings. The van der Waals surface area contributed by atoms with Crippen molar-refractivity contribution in [3.8, 4) is 0 Å². The fraction of sp³-hybridized carbons (Fsp3) is 0.235. The second-order valence-corrected chi connectivity index (χ2v) is 6.09. The predicted octanol–water partition coefficient (Wildman–Crippen LogP) is 2.60. The minimum atomic E-state index is -0.387. The van der Waals surface area contributed by atoms with Crippen LogP contribution >= 0.6 is 11.3 Å². The highest BCUT2D eigenvalue weighted by atomic mass is 32.1. The molecule has 0 bridgehead atoms. The molecule has 2 heterocycles. The lowest BCUT2D eigenvalue weighted by atomic mass is 10.1. The maximum atomic E-state index is 12.1. The number of ether oxygens (including phenoxy) is 1. The molecule has 0 aliphatic carbocycles. The van der Waals surface area contributed by atoms with Crippen molar-refractivity contribution >= 4 is 34.7 Å². The minimum absolute atomic E-state index is 0.0792. The number of thiophene rings is 1. The molecule has 1 aromatic carbocycles. The van der Waals surface area contributed by atoms with E-state index < -0.39 is 0 Å². The van der Waals surface area contributed by atoms with Gasteiger partial charge in [0.25, 0.3) is 0 Å². The van der Waals surface area contributed by atoms with Crippen LogP contribution in [0.2, 0.25) is 0 Å². The maximum absolute atomic E-state index is 12.1. The number of esters is 1. The summed E-state index contributed by atoms with van der Waals surface area (Å²) in [4.78, 5) is 35.1. The first-order chi connectivity index (χ1) is 11.1. The average molecular weight is 329 g/mol. The van der Waals surface area contributed by atoms with Gasteiger partial charge in [-0.3, -0.25) is 14.4 Å². The lowest BCUT2D eigenvalue weighted by Gasteiger charge is -2.05. The Hall–Kier alpha value is -2.47. The molecule has 3 rings (SSSR count). The van der Waals surface area contributed by atoms with E-state index in [-0.39, 0.29) is 37.1 Å². The number of carbonyl (C=O) groups excluding carboxylic acids is 3. The Kier molecular flexibility index (Phi) is 4.52. The molecule has 1 amide bonds. The zero-order valence-electron chi connectivity index (χ0n) is 12.3. The number of hydrogen-bond acceptors (Lipinski definition) is 5. The molecule has 0 unspecified atom stereocenters. The van der Waals surface area contributed by atoms with Crippen molar-refractivity contribution in [3.05, 3.63) is 51.7 Å². The highest BCUT2D eigenvalue weighted by Gasteiger charge is 2.19. The van der Waals surface area contributed by atoms with Crippen LogP contribution in [-0.2, 0) is 27.2 Å². The van der Waals surface area contributed by atoms with E-state index in [1.54, 1.807) is 29.5 Å². The van der Waals surface area contributed by atoms with E-state index in [0.29, 0.717) is 12.0 Å². The van der Waals surface area contributed by atoms with Crippen molar-refractivity contribution < 1.29 is 19.1 Å². The first-order valence-electron chi connectivity index (χ1n) is 7.24. The van der Waals surface area contributed by atoms with Crippen molar-refractivity contribution in [3.63, 3.8) is 0 Å². The Bertz CT molecular complexity index is 752. The third kappa shape index (κ3) is 3.84. The lowest BCUT2D eigenvalue weighted by molar-refractivity contribution is -0.142. The average Bonchev–Trinajstić information content (AvgIpc) is 3.17. The van der Waals surface area contributed by atoms with E-state index in [9.17, 15) is 14.4 Å². The summed E-state index contributed by atoms with van der Waals surface area (Å²) < 4.78 is 5.03. The number of carbonyl (C=O) groups is 3. The summed E-state index contributed by atoms with van der Waals surface area (Å²) in [6, 6.07) is 6.97. The number of anilines is 1. The summed E-state index contributed by atoms with van der Waals surface area (Å²) in [7, 11) is 0. The van der Waals surface area contributed by atoms with Crippen LogP contribution in [0, 0.1) is 0 Å². The third-order valence-electron chi connectivity index (χ3n) is 3.61. The molecular formula is C17H15NO4S. The van der Waals surface area contributed by atoms with Gasteiger partial charge in [-0.2, -0.15) is 11.3 Å². The standard InChI is InChI=1S/C17H15NO4S/c19-15(9-22-17(21)4-1-11-5-6-23-10-11)12-2-3-14-13(7-12)8-16(20)18-14/h2-3,5-7,10H,1,4,8-9H2,(H,18,20). The highest BCUT2D eigenvalue weighted by molar-refractivity contribution is 7.07. The van der Waals surface area contributed by atoms with E-state index in [0.717, 1.165) is 16.8 Å². The minimum Gasteiger partial charge on any atom is -0.457 e. The smallest absolute Gasteiger partial charge is 0.306 e. The molecule has 1 N–H and O–H groups in total. The number of nitrogens with one attached hydrogen (secondary N) is 1. The summed E-state index contributed by atoms with van der Waals surface area (Å²) >= 11 is 1.58. The van der Waals surface area contributed by atoms with E-state index in [1.807, 2.05) is 16.8 Å². The van der Waals surface area contributed by atoms with Crippen molar-refractivity contribution in [1.82, 2.24) is 0 Å². The number of hydrogen-bond donors (Lipinski definition) is 1. The number of rotatable bonds is 6. The number of Topliss-reactive ketones (excluding diaryl/α,β-unsaturated/α-hetero) is 1. The van der Waals surface area contributed by atoms with Gasteiger partial charge in [0.15, 0.2) is 12.4 Å². The number of benzene rings is 1. The van der Waals surface area contributed by atoms with Crippen LogP contribution in [0.25, 0.3) is 0 Å². The number of aryl methyl sites for hydroxylation is 1. The molecular weight excluding hydrogens is 314 g/mol. The van der Waals surface area contributed by atoms with Crippen molar-refractivity contribution in [1.29, 1.82) is 0 Å². The molecule has 1 aromatic heterocycles. The molecule has 0 saturated carbocycles. The Labute approximate surface area is 137 Å². The molecule has 0 radical (unpaired) electrons. The van der Waals surface area contributed by atoms with Crippen LogP contribution in [-0.4, -0.2) is 24.3 Å². The lowest BCUT2D eigenvalue weighted by Crippen LogP contribution is -2.14. The normalized spacial score (nSPS) is 12.6. The van der Waals surface area contributed by atoms with Gasteiger partial charge in [0, 0.05) is 17.7 Å². The SMILES string of the molecule is O=C1Cc2cc(C(=O)COC(=O)CCc3ccsc3)ccc2N1. The fourth-order valence-electron chi connectivity index (χ4n) is 2.39. The Morgan fingerprint density at radius 1 is 1.26 bits per heavy atom. The van der Waals surface area contributed by atoms with Crippen LogP contribution in [0.3, 0.4) is 0 Å². The molecule has 118 valence electrons. The van der Waals surface area contributed by atoms with E-state index in [4.69, 9.17) is 4.74 Å². The summed E-state index contributed by atoms with van der Waals surface area (Å²) in [5, 5.41) is 6.65. The first kappa shape index (κ1) is 15.4. The van der Waals surface area contributed by atoms with Gasteiger partial charge in [0.1, 0.15) is 0 Å². The summed E-state index contributed by atoms with van der Waals surface area (Å²) in [5.74, 6) is -0.733. The van der Waals surface area contributed by atoms with E-state index >= 15 is 0 Å². The second kappa shape index (κ2) is 6.75. The van der Waals surface area contributed by atoms with Gasteiger partial charge in [-0.15, -0.1) is 0 Å². The molecule has 0 saturated heterocycles. The van der Waals surface area contributed by atoms with Crippen molar-refractivity contribution in [2.45, 2.75) is 19.3 Å².